The first-order chi connectivity index (χ1) is 12.5. The van der Waals surface area contributed by atoms with Crippen LogP contribution in [0.3, 0.4) is 0 Å². The molecule has 0 fully saturated rings. The van der Waals surface area contributed by atoms with Gasteiger partial charge in [-0.2, -0.15) is 0 Å². The molecular weight excluding hydrogens is 397 g/mol. The van der Waals surface area contributed by atoms with E-state index in [1.54, 1.807) is 18.3 Å². The van der Waals surface area contributed by atoms with Crippen LogP contribution in [-0.4, -0.2) is 32.4 Å². The lowest BCUT2D eigenvalue weighted by Gasteiger charge is -2.11. The summed E-state index contributed by atoms with van der Waals surface area (Å²) in [7, 11) is 1.88. The Balaban J connectivity index is 2.01. The molecule has 0 saturated heterocycles. The monoisotopic (exact) mass is 409 g/mol. The van der Waals surface area contributed by atoms with E-state index in [2.05, 4.69) is 15.0 Å². The second kappa shape index (κ2) is 7.94. The quantitative estimate of drug-likeness (QED) is 0.491. The molecular formula is C16H13Cl2N5O2S. The third-order valence-corrected chi connectivity index (χ3v) is 4.90. The Labute approximate surface area is 163 Å². The fourth-order valence-corrected chi connectivity index (χ4v) is 3.49. The highest BCUT2D eigenvalue weighted by molar-refractivity contribution is 7.99. The average molecular weight is 410 g/mol. The minimum atomic E-state index is -0.118. The highest BCUT2D eigenvalue weighted by Crippen LogP contribution is 2.37. The maximum absolute atomic E-state index is 10.5. The summed E-state index contributed by atoms with van der Waals surface area (Å²) in [6.45, 7) is -0.118. The molecule has 3 aromatic rings. The smallest absolute Gasteiger partial charge is 0.221 e. The molecule has 0 aliphatic heterocycles. The van der Waals surface area contributed by atoms with Crippen molar-refractivity contribution in [3.63, 3.8) is 0 Å². The largest absolute Gasteiger partial charge is 0.485 e. The number of ether oxygens (including phenoxy) is 1. The van der Waals surface area contributed by atoms with Crippen LogP contribution in [0.2, 0.25) is 10.0 Å². The molecule has 1 aromatic carbocycles. The average Bonchev–Trinajstić information content (AvgIpc) is 2.98. The van der Waals surface area contributed by atoms with E-state index in [1.807, 2.05) is 17.8 Å². The van der Waals surface area contributed by atoms with Crippen LogP contribution < -0.4 is 10.5 Å². The van der Waals surface area contributed by atoms with E-state index < -0.39 is 0 Å². The maximum Gasteiger partial charge on any atom is 0.221 e. The van der Waals surface area contributed by atoms with Crippen LogP contribution in [-0.2, 0) is 11.8 Å². The van der Waals surface area contributed by atoms with E-state index in [9.17, 15) is 4.79 Å². The van der Waals surface area contributed by atoms with Gasteiger partial charge < -0.3 is 15.0 Å². The van der Waals surface area contributed by atoms with Crippen molar-refractivity contribution in [1.82, 2.24) is 19.5 Å². The molecule has 0 aliphatic rings. The van der Waals surface area contributed by atoms with E-state index in [0.29, 0.717) is 38.4 Å². The van der Waals surface area contributed by atoms with Gasteiger partial charge in [-0.15, -0.1) is 0 Å². The van der Waals surface area contributed by atoms with Crippen molar-refractivity contribution in [2.75, 3.05) is 12.3 Å². The van der Waals surface area contributed by atoms with Crippen molar-refractivity contribution in [2.45, 2.75) is 10.2 Å². The van der Waals surface area contributed by atoms with Gasteiger partial charge in [0.2, 0.25) is 5.95 Å². The summed E-state index contributed by atoms with van der Waals surface area (Å²) < 4.78 is 7.18. The number of nitrogens with zero attached hydrogens (tertiary/aromatic N) is 4. The van der Waals surface area contributed by atoms with E-state index >= 15 is 0 Å². The summed E-state index contributed by atoms with van der Waals surface area (Å²) in [5, 5.41) is 2.04. The molecule has 2 heterocycles. The first kappa shape index (κ1) is 18.5. The molecule has 3 rings (SSSR count). The van der Waals surface area contributed by atoms with Crippen LogP contribution in [0.25, 0.3) is 11.3 Å². The van der Waals surface area contributed by atoms with E-state index in [0.717, 1.165) is 5.16 Å². The number of imidazole rings is 1. The number of hydrogen-bond donors (Lipinski definition) is 1. The topological polar surface area (TPSA) is 95.9 Å². The van der Waals surface area contributed by atoms with Crippen LogP contribution in [0.1, 0.15) is 0 Å². The summed E-state index contributed by atoms with van der Waals surface area (Å²) in [5.74, 6) is 0.425. The fourth-order valence-electron chi connectivity index (χ4n) is 2.14. The summed E-state index contributed by atoms with van der Waals surface area (Å²) in [6.07, 6.45) is 4.16. The Hall–Kier alpha value is -2.29. The lowest BCUT2D eigenvalue weighted by Crippen LogP contribution is -2.01. The van der Waals surface area contributed by atoms with E-state index in [1.165, 1.54) is 17.8 Å². The second-order valence-corrected chi connectivity index (χ2v) is 6.91. The Bertz CT molecular complexity index is 964. The van der Waals surface area contributed by atoms with Crippen LogP contribution >= 0.6 is 35.0 Å². The zero-order valence-corrected chi connectivity index (χ0v) is 15.8. The van der Waals surface area contributed by atoms with Crippen molar-refractivity contribution < 1.29 is 9.53 Å². The van der Waals surface area contributed by atoms with Gasteiger partial charge in [0.1, 0.15) is 17.4 Å². The lowest BCUT2D eigenvalue weighted by molar-refractivity contribution is -0.109. The molecule has 0 radical (unpaired) electrons. The molecule has 0 atom stereocenters. The zero-order valence-electron chi connectivity index (χ0n) is 13.5. The summed E-state index contributed by atoms with van der Waals surface area (Å²) >= 11 is 13.8. The number of halogens is 2. The van der Waals surface area contributed by atoms with E-state index in [4.69, 9.17) is 33.7 Å². The number of rotatable bonds is 6. The van der Waals surface area contributed by atoms with Crippen molar-refractivity contribution >= 4 is 47.2 Å². The SMILES string of the molecule is Cn1ccnc1Sc1cc(-c2cc(OCC=O)c(Cl)cc2Cl)nc(N)n1. The number of aldehydes is 1. The minimum Gasteiger partial charge on any atom is -0.485 e. The highest BCUT2D eigenvalue weighted by atomic mass is 35.5. The van der Waals surface area contributed by atoms with Crippen LogP contribution in [0.4, 0.5) is 5.95 Å². The highest BCUT2D eigenvalue weighted by Gasteiger charge is 2.14. The van der Waals surface area contributed by atoms with Gasteiger partial charge in [0.05, 0.1) is 15.7 Å². The minimum absolute atomic E-state index is 0.0978. The zero-order chi connectivity index (χ0) is 18.7. The number of hydrogen-bond acceptors (Lipinski definition) is 7. The summed E-state index contributed by atoms with van der Waals surface area (Å²) in [4.78, 5) is 23.3. The summed E-state index contributed by atoms with van der Waals surface area (Å²) in [6, 6.07) is 4.89. The molecule has 26 heavy (non-hydrogen) atoms. The maximum atomic E-state index is 10.5. The van der Waals surface area contributed by atoms with E-state index in [-0.39, 0.29) is 12.6 Å². The number of carbonyl (C=O) groups excluding carboxylic acids is 1. The van der Waals surface area contributed by atoms with Gasteiger partial charge in [0.25, 0.3) is 0 Å². The number of anilines is 1. The van der Waals surface area contributed by atoms with Gasteiger partial charge in [0.15, 0.2) is 11.4 Å². The van der Waals surface area contributed by atoms with Gasteiger partial charge in [-0.05, 0) is 30.0 Å². The normalized spacial score (nSPS) is 10.7. The van der Waals surface area contributed by atoms with Crippen LogP contribution in [0, 0.1) is 0 Å². The molecule has 0 unspecified atom stereocenters. The first-order valence-corrected chi connectivity index (χ1v) is 8.90. The van der Waals surface area contributed by atoms with Gasteiger partial charge in [-0.3, -0.25) is 4.79 Å². The van der Waals surface area contributed by atoms with Gasteiger partial charge in [0, 0.05) is 25.0 Å². The van der Waals surface area contributed by atoms with Gasteiger partial charge in [-0.1, -0.05) is 23.2 Å². The Morgan fingerprint density at radius 3 is 2.77 bits per heavy atom. The molecule has 0 bridgehead atoms. The standard InChI is InChI=1S/C16H13Cl2N5O2S/c1-23-3-2-20-16(23)26-14-8-12(21-15(19)22-14)9-6-13(25-5-4-24)11(18)7-10(9)17/h2-4,6-8H,5H2,1H3,(H2,19,21,22). The molecule has 0 spiro atoms. The Morgan fingerprint density at radius 2 is 2.08 bits per heavy atom. The van der Waals surface area contributed by atoms with Crippen molar-refractivity contribution in [3.8, 4) is 17.0 Å². The van der Waals surface area contributed by atoms with Gasteiger partial charge in [-0.25, -0.2) is 15.0 Å². The van der Waals surface area contributed by atoms with Crippen LogP contribution in [0.15, 0.2) is 40.8 Å². The van der Waals surface area contributed by atoms with Gasteiger partial charge >= 0.3 is 0 Å². The molecule has 2 N–H and O–H groups in total. The van der Waals surface area contributed by atoms with Crippen LogP contribution in [0.5, 0.6) is 5.75 Å². The van der Waals surface area contributed by atoms with Crippen molar-refractivity contribution in [1.29, 1.82) is 0 Å². The molecule has 0 aliphatic carbocycles. The molecule has 10 heteroatoms. The number of carbonyl (C=O) groups is 1. The predicted octanol–water partition coefficient (Wildman–Crippen LogP) is 3.50. The first-order valence-electron chi connectivity index (χ1n) is 7.33. The lowest BCUT2D eigenvalue weighted by atomic mass is 10.1. The Morgan fingerprint density at radius 1 is 1.27 bits per heavy atom. The third kappa shape index (κ3) is 4.09. The third-order valence-electron chi connectivity index (χ3n) is 3.30. The second-order valence-electron chi connectivity index (χ2n) is 5.11. The molecule has 134 valence electrons. The molecule has 0 amide bonds. The van der Waals surface area contributed by atoms with Crippen molar-refractivity contribution in [2.24, 2.45) is 7.05 Å². The fraction of sp³-hybridized carbons (Fsp3) is 0.125. The van der Waals surface area contributed by atoms with Crippen molar-refractivity contribution in [3.05, 3.63) is 40.6 Å². The molecule has 7 nitrogen and oxygen atoms in total. The number of aromatic nitrogens is 4. The predicted molar refractivity (Wildman–Crippen MR) is 101 cm³/mol. The molecule has 0 saturated carbocycles. The summed E-state index contributed by atoms with van der Waals surface area (Å²) in [5.41, 5.74) is 6.92. The number of nitrogen functional groups attached to an aromatic ring is 1. The number of nitrogens with two attached hydrogens (primary N) is 1. The number of benzene rings is 1. The molecule has 2 aromatic heterocycles. The Kier molecular flexibility index (Phi) is 5.65. The number of aryl methyl sites for hydroxylation is 1.